The summed E-state index contributed by atoms with van der Waals surface area (Å²) in [5, 5.41) is 38.7. The van der Waals surface area contributed by atoms with Crippen molar-refractivity contribution in [1.82, 2.24) is 0 Å². The molecule has 0 atom stereocenters. The summed E-state index contributed by atoms with van der Waals surface area (Å²) in [7, 11) is 1.46. The SMILES string of the molecule is COc1cc(CCC(=O)C(C)=C(O)CCc2ccc(O)c(CO)c2)ccc1O. The van der Waals surface area contributed by atoms with Crippen molar-refractivity contribution in [3.63, 3.8) is 0 Å². The van der Waals surface area contributed by atoms with Gasteiger partial charge >= 0.3 is 0 Å². The van der Waals surface area contributed by atoms with Crippen LogP contribution in [0.4, 0.5) is 0 Å². The molecule has 6 heteroatoms. The molecule has 0 unspecified atom stereocenters. The van der Waals surface area contributed by atoms with Gasteiger partial charge in [0, 0.05) is 24.0 Å². The number of allylic oxidation sites excluding steroid dienone is 2. The molecule has 0 heterocycles. The molecule has 0 aliphatic carbocycles. The van der Waals surface area contributed by atoms with Crippen molar-refractivity contribution >= 4 is 5.78 Å². The minimum absolute atomic E-state index is 0.0308. The Kier molecular flexibility index (Phi) is 7.46. The van der Waals surface area contributed by atoms with E-state index in [9.17, 15) is 25.2 Å². The van der Waals surface area contributed by atoms with Crippen molar-refractivity contribution in [2.75, 3.05) is 7.11 Å². The molecule has 2 aromatic carbocycles. The Morgan fingerprint density at radius 3 is 2.21 bits per heavy atom. The Bertz CT molecular complexity index is 869. The van der Waals surface area contributed by atoms with Gasteiger partial charge in [0.25, 0.3) is 0 Å². The number of aliphatic hydroxyl groups excluding tert-OH is 2. The summed E-state index contributed by atoms with van der Waals surface area (Å²) in [5.74, 6) is 0.322. The first-order valence-electron chi connectivity index (χ1n) is 9.05. The number of phenolic OH excluding ortho intramolecular Hbond substituents is 1. The zero-order valence-electron chi connectivity index (χ0n) is 16.1. The molecular weight excluding hydrogens is 360 g/mol. The number of benzene rings is 2. The van der Waals surface area contributed by atoms with E-state index in [1.54, 1.807) is 31.2 Å². The van der Waals surface area contributed by atoms with Gasteiger partial charge in [-0.1, -0.05) is 12.1 Å². The van der Waals surface area contributed by atoms with E-state index in [0.717, 1.165) is 11.1 Å². The maximum Gasteiger partial charge on any atom is 0.162 e. The van der Waals surface area contributed by atoms with Gasteiger partial charge in [0.2, 0.25) is 0 Å². The minimum atomic E-state index is -0.263. The standard InChI is InChI=1S/C22H26O6/c1-14(18(24)7-3-15-5-9-20(26)17(11-15)13-23)19(25)8-4-16-6-10-21(27)22(12-16)28-2/h5-6,9-12,23-24,26-27H,3-4,7-8,13H2,1-2H3. The van der Waals surface area contributed by atoms with Crippen LogP contribution >= 0.6 is 0 Å². The van der Waals surface area contributed by atoms with Crippen molar-refractivity contribution in [2.24, 2.45) is 0 Å². The van der Waals surface area contributed by atoms with Crippen molar-refractivity contribution in [3.05, 3.63) is 64.4 Å². The fraction of sp³-hybridized carbons (Fsp3) is 0.318. The van der Waals surface area contributed by atoms with E-state index in [-0.39, 0.29) is 36.1 Å². The summed E-state index contributed by atoms with van der Waals surface area (Å²) < 4.78 is 5.06. The van der Waals surface area contributed by atoms with E-state index >= 15 is 0 Å². The fourth-order valence-corrected chi connectivity index (χ4v) is 2.86. The van der Waals surface area contributed by atoms with Crippen LogP contribution in [-0.2, 0) is 24.2 Å². The summed E-state index contributed by atoms with van der Waals surface area (Å²) in [6.45, 7) is 1.34. The predicted molar refractivity (Wildman–Crippen MR) is 106 cm³/mol. The third kappa shape index (κ3) is 5.50. The van der Waals surface area contributed by atoms with Gasteiger partial charge < -0.3 is 25.2 Å². The largest absolute Gasteiger partial charge is 0.512 e. The number of carbonyl (C=O) groups is 1. The topological polar surface area (TPSA) is 107 Å². The smallest absolute Gasteiger partial charge is 0.162 e. The second-order valence-corrected chi connectivity index (χ2v) is 6.62. The van der Waals surface area contributed by atoms with E-state index in [2.05, 4.69) is 0 Å². The van der Waals surface area contributed by atoms with Crippen LogP contribution in [0.1, 0.15) is 36.5 Å². The normalized spacial score (nSPS) is 11.8. The lowest BCUT2D eigenvalue weighted by Gasteiger charge is -2.09. The van der Waals surface area contributed by atoms with Crippen LogP contribution in [0.3, 0.4) is 0 Å². The molecule has 0 radical (unpaired) electrons. The van der Waals surface area contributed by atoms with Crippen molar-refractivity contribution in [2.45, 2.75) is 39.2 Å². The molecule has 6 nitrogen and oxygen atoms in total. The lowest BCUT2D eigenvalue weighted by Crippen LogP contribution is -2.06. The van der Waals surface area contributed by atoms with E-state index in [0.29, 0.717) is 36.1 Å². The van der Waals surface area contributed by atoms with Crippen molar-refractivity contribution in [1.29, 1.82) is 0 Å². The molecule has 0 bridgehead atoms. The van der Waals surface area contributed by atoms with Gasteiger partial charge in [0.15, 0.2) is 17.3 Å². The van der Waals surface area contributed by atoms with Crippen LogP contribution in [0.5, 0.6) is 17.2 Å². The molecule has 0 fully saturated rings. The van der Waals surface area contributed by atoms with E-state index in [1.165, 1.54) is 19.2 Å². The van der Waals surface area contributed by atoms with Gasteiger partial charge in [0.1, 0.15) is 5.75 Å². The monoisotopic (exact) mass is 386 g/mol. The maximum absolute atomic E-state index is 12.4. The van der Waals surface area contributed by atoms with Crippen LogP contribution in [0.15, 0.2) is 47.7 Å². The molecule has 0 aliphatic rings. The summed E-state index contributed by atoms with van der Waals surface area (Å²) in [6, 6.07) is 9.84. The maximum atomic E-state index is 12.4. The van der Waals surface area contributed by atoms with Gasteiger partial charge in [-0.15, -0.1) is 0 Å². The molecule has 0 saturated heterocycles. The van der Waals surface area contributed by atoms with Gasteiger partial charge in [-0.05, 0) is 55.2 Å². The molecule has 4 N–H and O–H groups in total. The first-order chi connectivity index (χ1) is 13.3. The number of rotatable bonds is 9. The molecule has 2 rings (SSSR count). The highest BCUT2D eigenvalue weighted by molar-refractivity contribution is 5.95. The molecule has 2 aromatic rings. The Hall–Kier alpha value is -2.99. The number of methoxy groups -OCH3 is 1. The lowest BCUT2D eigenvalue weighted by atomic mass is 10.00. The van der Waals surface area contributed by atoms with Crippen LogP contribution in [0.2, 0.25) is 0 Å². The zero-order valence-corrected chi connectivity index (χ0v) is 16.1. The van der Waals surface area contributed by atoms with Crippen LogP contribution in [0.25, 0.3) is 0 Å². The van der Waals surface area contributed by atoms with Crippen molar-refractivity contribution < 1.29 is 30.0 Å². The zero-order chi connectivity index (χ0) is 20.7. The Morgan fingerprint density at radius 1 is 0.964 bits per heavy atom. The van der Waals surface area contributed by atoms with Gasteiger partial charge in [0.05, 0.1) is 19.5 Å². The summed E-state index contributed by atoms with van der Waals surface area (Å²) in [6.07, 6.45) is 1.48. The number of carbonyl (C=O) groups excluding carboxylic acids is 1. The molecule has 150 valence electrons. The number of ether oxygens (including phenoxy) is 1. The number of aliphatic hydroxyl groups is 2. The van der Waals surface area contributed by atoms with Gasteiger partial charge in [-0.25, -0.2) is 0 Å². The van der Waals surface area contributed by atoms with Crippen LogP contribution in [-0.4, -0.2) is 33.3 Å². The quantitative estimate of drug-likeness (QED) is 0.388. The van der Waals surface area contributed by atoms with E-state index in [1.807, 2.05) is 0 Å². The Labute approximate surface area is 164 Å². The van der Waals surface area contributed by atoms with Crippen LogP contribution < -0.4 is 4.74 Å². The number of hydrogen-bond acceptors (Lipinski definition) is 6. The van der Waals surface area contributed by atoms with Crippen molar-refractivity contribution in [3.8, 4) is 17.2 Å². The van der Waals surface area contributed by atoms with Crippen LogP contribution in [0, 0.1) is 0 Å². The summed E-state index contributed by atoms with van der Waals surface area (Å²) in [5.41, 5.74) is 2.46. The highest BCUT2D eigenvalue weighted by Crippen LogP contribution is 2.27. The Balaban J connectivity index is 1.95. The highest BCUT2D eigenvalue weighted by Gasteiger charge is 2.12. The number of Topliss-reactive ketones (excluding diaryl/α,β-unsaturated/α-hetero) is 1. The molecule has 28 heavy (non-hydrogen) atoms. The second kappa shape index (κ2) is 9.80. The third-order valence-corrected chi connectivity index (χ3v) is 4.70. The predicted octanol–water partition coefficient (Wildman–Crippen LogP) is 3.57. The number of hydrogen-bond donors (Lipinski definition) is 4. The average molecular weight is 386 g/mol. The van der Waals surface area contributed by atoms with E-state index in [4.69, 9.17) is 4.74 Å². The highest BCUT2D eigenvalue weighted by atomic mass is 16.5. The molecule has 0 saturated carbocycles. The first-order valence-corrected chi connectivity index (χ1v) is 9.05. The Morgan fingerprint density at radius 2 is 1.57 bits per heavy atom. The number of aromatic hydroxyl groups is 2. The molecule has 0 spiro atoms. The third-order valence-electron chi connectivity index (χ3n) is 4.70. The van der Waals surface area contributed by atoms with E-state index < -0.39 is 0 Å². The second-order valence-electron chi connectivity index (χ2n) is 6.62. The first kappa shape index (κ1) is 21.3. The lowest BCUT2D eigenvalue weighted by molar-refractivity contribution is -0.115. The summed E-state index contributed by atoms with van der Waals surface area (Å²) >= 11 is 0. The molecular formula is C22H26O6. The van der Waals surface area contributed by atoms with Gasteiger partial charge in [-0.3, -0.25) is 4.79 Å². The number of aryl methyl sites for hydroxylation is 2. The average Bonchev–Trinajstić information content (AvgIpc) is 2.71. The molecule has 0 aromatic heterocycles. The summed E-state index contributed by atoms with van der Waals surface area (Å²) in [4.78, 5) is 12.4. The van der Waals surface area contributed by atoms with Gasteiger partial charge in [-0.2, -0.15) is 0 Å². The molecule has 0 amide bonds. The minimum Gasteiger partial charge on any atom is -0.512 e. The number of phenols is 2. The fourth-order valence-electron chi connectivity index (χ4n) is 2.86. The molecule has 0 aliphatic heterocycles. The number of ketones is 1.